The Morgan fingerprint density at radius 3 is 2.72 bits per heavy atom. The summed E-state index contributed by atoms with van der Waals surface area (Å²) in [5, 5.41) is 4.09. The molecule has 1 aliphatic heterocycles. The Bertz CT molecular complexity index is 1110. The molecule has 0 aliphatic carbocycles. The topological polar surface area (TPSA) is 113 Å². The molecule has 0 saturated heterocycles. The van der Waals surface area contributed by atoms with Crippen molar-refractivity contribution in [3.63, 3.8) is 0 Å². The van der Waals surface area contributed by atoms with Gasteiger partial charge in [-0.15, -0.1) is 0 Å². The Hall–Kier alpha value is -3.88. The molecule has 29 heavy (non-hydrogen) atoms. The van der Waals surface area contributed by atoms with Gasteiger partial charge in [0.2, 0.25) is 5.91 Å². The van der Waals surface area contributed by atoms with Gasteiger partial charge in [0.25, 0.3) is 11.8 Å². The van der Waals surface area contributed by atoms with Gasteiger partial charge in [-0.1, -0.05) is 6.07 Å². The highest BCUT2D eigenvalue weighted by Crippen LogP contribution is 2.34. The number of amides is 2. The lowest BCUT2D eigenvalue weighted by molar-refractivity contribution is -0.118. The first-order chi connectivity index (χ1) is 14.0. The maximum atomic E-state index is 12.8. The van der Waals surface area contributed by atoms with Gasteiger partial charge in [-0.2, -0.15) is 5.10 Å². The Morgan fingerprint density at radius 1 is 1.17 bits per heavy atom. The van der Waals surface area contributed by atoms with E-state index in [1.165, 1.54) is 11.8 Å². The number of hydrogen-bond acceptors (Lipinski definition) is 6. The Balaban J connectivity index is 1.62. The van der Waals surface area contributed by atoms with E-state index in [4.69, 9.17) is 15.2 Å². The maximum absolute atomic E-state index is 12.8. The molecule has 148 valence electrons. The number of carbonyl (C=O) groups is 2. The highest BCUT2D eigenvalue weighted by molar-refractivity contribution is 6.10. The van der Waals surface area contributed by atoms with Crippen LogP contribution in [-0.2, 0) is 17.9 Å². The number of aromatic nitrogens is 3. The molecule has 0 saturated carbocycles. The van der Waals surface area contributed by atoms with E-state index in [0.717, 1.165) is 16.7 Å². The first-order valence-electron chi connectivity index (χ1n) is 8.84. The van der Waals surface area contributed by atoms with Crippen LogP contribution in [0.3, 0.4) is 0 Å². The van der Waals surface area contributed by atoms with Crippen LogP contribution >= 0.6 is 0 Å². The van der Waals surface area contributed by atoms with Crippen molar-refractivity contribution in [2.75, 3.05) is 19.1 Å². The fraction of sp³-hybridized carbons (Fsp3) is 0.200. The van der Waals surface area contributed by atoms with Crippen LogP contribution in [0.5, 0.6) is 11.6 Å². The van der Waals surface area contributed by atoms with Crippen LogP contribution in [0.4, 0.5) is 5.69 Å². The van der Waals surface area contributed by atoms with Crippen molar-refractivity contribution >= 4 is 17.5 Å². The molecule has 3 aromatic rings. The number of primary amides is 1. The summed E-state index contributed by atoms with van der Waals surface area (Å²) < 4.78 is 11.9. The Kier molecular flexibility index (Phi) is 4.63. The van der Waals surface area contributed by atoms with Crippen LogP contribution in [-0.4, -0.2) is 40.8 Å². The molecule has 1 aliphatic rings. The maximum Gasteiger partial charge on any atom is 0.259 e. The second-order valence-electron chi connectivity index (χ2n) is 6.56. The zero-order valence-corrected chi connectivity index (χ0v) is 16.0. The number of carbonyl (C=O) groups excluding carboxylic acids is 2. The summed E-state index contributed by atoms with van der Waals surface area (Å²) in [6.45, 7) is 0.371. The van der Waals surface area contributed by atoms with Crippen LogP contribution in [0.25, 0.3) is 11.1 Å². The summed E-state index contributed by atoms with van der Waals surface area (Å²) in [5.41, 5.74) is 9.09. The molecule has 2 amide bonds. The smallest absolute Gasteiger partial charge is 0.259 e. The SMILES string of the molecule is COc1cc(-c2ccc3c(c2)CN(c2cnn(CC(N)=O)c2)C3=O)cnc1OC. The predicted molar refractivity (Wildman–Crippen MR) is 105 cm³/mol. The van der Waals surface area contributed by atoms with Crippen molar-refractivity contribution in [1.82, 2.24) is 14.8 Å². The average molecular weight is 393 g/mol. The third kappa shape index (κ3) is 3.38. The molecule has 0 fully saturated rings. The number of fused-ring (bicyclic) bond motifs is 1. The lowest BCUT2D eigenvalue weighted by Gasteiger charge is -2.12. The summed E-state index contributed by atoms with van der Waals surface area (Å²) in [6, 6.07) is 7.48. The van der Waals surface area contributed by atoms with Crippen molar-refractivity contribution in [3.05, 3.63) is 54.0 Å². The van der Waals surface area contributed by atoms with Crippen molar-refractivity contribution < 1.29 is 19.1 Å². The van der Waals surface area contributed by atoms with E-state index in [0.29, 0.717) is 29.4 Å². The number of anilines is 1. The molecule has 9 nitrogen and oxygen atoms in total. The summed E-state index contributed by atoms with van der Waals surface area (Å²) in [4.78, 5) is 29.8. The molecule has 0 spiro atoms. The molecular weight excluding hydrogens is 374 g/mol. The molecular formula is C20H19N5O4. The number of pyridine rings is 1. The minimum Gasteiger partial charge on any atom is -0.491 e. The van der Waals surface area contributed by atoms with Crippen LogP contribution in [0, 0.1) is 0 Å². The number of hydrogen-bond donors (Lipinski definition) is 1. The quantitative estimate of drug-likeness (QED) is 0.681. The molecule has 2 N–H and O–H groups in total. The van der Waals surface area contributed by atoms with Gasteiger partial charge in [-0.3, -0.25) is 14.3 Å². The minimum absolute atomic E-state index is 0.0363. The summed E-state index contributed by atoms with van der Waals surface area (Å²) >= 11 is 0. The minimum atomic E-state index is -0.496. The lowest BCUT2D eigenvalue weighted by Crippen LogP contribution is -2.22. The molecule has 0 bridgehead atoms. The van der Waals surface area contributed by atoms with Gasteiger partial charge in [-0.05, 0) is 29.3 Å². The molecule has 9 heteroatoms. The second kappa shape index (κ2) is 7.27. The fourth-order valence-corrected chi connectivity index (χ4v) is 3.34. The van der Waals surface area contributed by atoms with Crippen molar-refractivity contribution in [2.45, 2.75) is 13.1 Å². The third-order valence-corrected chi connectivity index (χ3v) is 4.72. The van der Waals surface area contributed by atoms with Crippen LogP contribution in [0.2, 0.25) is 0 Å². The van der Waals surface area contributed by atoms with E-state index in [2.05, 4.69) is 10.1 Å². The van der Waals surface area contributed by atoms with E-state index in [-0.39, 0.29) is 12.5 Å². The zero-order chi connectivity index (χ0) is 20.5. The van der Waals surface area contributed by atoms with Crippen molar-refractivity contribution in [1.29, 1.82) is 0 Å². The number of methoxy groups -OCH3 is 2. The van der Waals surface area contributed by atoms with Gasteiger partial charge in [0.1, 0.15) is 6.54 Å². The summed E-state index contributed by atoms with van der Waals surface area (Å²) in [6.07, 6.45) is 4.88. The van der Waals surface area contributed by atoms with Gasteiger partial charge in [-0.25, -0.2) is 4.98 Å². The molecule has 0 radical (unpaired) electrons. The molecule has 3 heterocycles. The van der Waals surface area contributed by atoms with Gasteiger partial charge in [0.05, 0.1) is 32.6 Å². The number of nitrogens with two attached hydrogens (primary N) is 1. The number of ether oxygens (including phenoxy) is 2. The standard InChI is InChI=1S/C20H19N5O4/c1-28-17-6-13(7-22-19(17)29-2)12-3-4-16-14(5-12)9-25(20(16)27)15-8-23-24(10-15)11-18(21)26/h3-8,10H,9,11H2,1-2H3,(H2,21,26). The van der Waals surface area contributed by atoms with E-state index >= 15 is 0 Å². The fourth-order valence-electron chi connectivity index (χ4n) is 3.34. The van der Waals surface area contributed by atoms with Crippen molar-refractivity contribution in [3.8, 4) is 22.8 Å². The van der Waals surface area contributed by atoms with E-state index in [9.17, 15) is 9.59 Å². The summed E-state index contributed by atoms with van der Waals surface area (Å²) in [7, 11) is 3.09. The van der Waals surface area contributed by atoms with E-state index in [1.807, 2.05) is 18.2 Å². The van der Waals surface area contributed by atoms with E-state index in [1.54, 1.807) is 36.7 Å². The monoisotopic (exact) mass is 393 g/mol. The van der Waals surface area contributed by atoms with Crippen LogP contribution in [0.1, 0.15) is 15.9 Å². The first kappa shape index (κ1) is 18.5. The Labute approximate surface area is 166 Å². The van der Waals surface area contributed by atoms with Crippen LogP contribution < -0.4 is 20.1 Å². The van der Waals surface area contributed by atoms with E-state index < -0.39 is 5.91 Å². The molecule has 4 rings (SSSR count). The predicted octanol–water partition coefficient (Wildman–Crippen LogP) is 1.61. The molecule has 0 unspecified atom stereocenters. The second-order valence-corrected chi connectivity index (χ2v) is 6.56. The molecule has 1 aromatic carbocycles. The Morgan fingerprint density at radius 2 is 2.00 bits per heavy atom. The van der Waals surface area contributed by atoms with Gasteiger partial charge in [0, 0.05) is 23.5 Å². The third-order valence-electron chi connectivity index (χ3n) is 4.72. The largest absolute Gasteiger partial charge is 0.491 e. The van der Waals surface area contributed by atoms with Crippen molar-refractivity contribution in [2.24, 2.45) is 5.73 Å². The highest BCUT2D eigenvalue weighted by atomic mass is 16.5. The van der Waals surface area contributed by atoms with Gasteiger partial charge in [0.15, 0.2) is 5.75 Å². The number of benzene rings is 1. The van der Waals surface area contributed by atoms with Crippen LogP contribution in [0.15, 0.2) is 42.9 Å². The zero-order valence-electron chi connectivity index (χ0n) is 16.0. The molecule has 2 aromatic heterocycles. The van der Waals surface area contributed by atoms with Gasteiger partial charge >= 0.3 is 0 Å². The van der Waals surface area contributed by atoms with Gasteiger partial charge < -0.3 is 20.1 Å². The number of rotatable bonds is 6. The average Bonchev–Trinajstić information content (AvgIpc) is 3.30. The summed E-state index contributed by atoms with van der Waals surface area (Å²) in [5.74, 6) is 0.330. The number of nitrogens with zero attached hydrogens (tertiary/aromatic N) is 4. The normalized spacial score (nSPS) is 12.8. The lowest BCUT2D eigenvalue weighted by atomic mass is 10.0. The highest BCUT2D eigenvalue weighted by Gasteiger charge is 2.29. The molecule has 0 atom stereocenters. The first-order valence-corrected chi connectivity index (χ1v) is 8.84.